The Kier molecular flexibility index (Phi) is 7.39. The molecule has 0 atom stereocenters. The largest absolute Gasteiger partial charge is 0.373 e. The van der Waals surface area contributed by atoms with E-state index >= 15 is 0 Å². The fourth-order valence-electron chi connectivity index (χ4n) is 1.31. The average molecular weight is 216 g/mol. The van der Waals surface area contributed by atoms with E-state index in [1.807, 2.05) is 13.8 Å². The average Bonchev–Trinajstić information content (AvgIpc) is 2.32. The molecule has 0 fully saturated rings. The molecule has 2 heteroatoms. The quantitative estimate of drug-likeness (QED) is 0.674. The van der Waals surface area contributed by atoms with Crippen molar-refractivity contribution in [2.45, 2.75) is 20.8 Å². The molecule has 2 aromatic carbocycles. The summed E-state index contributed by atoms with van der Waals surface area (Å²) in [5, 5.41) is 2.64. The van der Waals surface area contributed by atoms with Crippen molar-refractivity contribution in [3.63, 3.8) is 0 Å². The summed E-state index contributed by atoms with van der Waals surface area (Å²) in [5.74, 6) is 0. The summed E-state index contributed by atoms with van der Waals surface area (Å²) in [6, 6.07) is 14.9. The zero-order valence-electron chi connectivity index (χ0n) is 9.86. The van der Waals surface area contributed by atoms with E-state index in [-0.39, 0.29) is 6.15 Å². The summed E-state index contributed by atoms with van der Waals surface area (Å²) in [7, 11) is 0. The van der Waals surface area contributed by atoms with Crippen LogP contribution in [0.1, 0.15) is 19.4 Å². The number of rotatable bonds is 0. The molecule has 16 heavy (non-hydrogen) atoms. The number of hydrogen-bond donors (Lipinski definition) is 0. The Morgan fingerprint density at radius 1 is 0.875 bits per heavy atom. The Morgan fingerprint density at radius 2 is 1.38 bits per heavy atom. The van der Waals surface area contributed by atoms with Gasteiger partial charge in [0.05, 0.1) is 0 Å². The van der Waals surface area contributed by atoms with Crippen LogP contribution >= 0.6 is 0 Å². The third-order valence-electron chi connectivity index (χ3n) is 1.90. The van der Waals surface area contributed by atoms with Crippen LogP contribution in [0.15, 0.2) is 42.5 Å². The second kappa shape index (κ2) is 8.39. The van der Waals surface area contributed by atoms with Crippen LogP contribution in [0.3, 0.4) is 0 Å². The van der Waals surface area contributed by atoms with Crippen molar-refractivity contribution in [1.82, 2.24) is 0 Å². The van der Waals surface area contributed by atoms with E-state index in [0.29, 0.717) is 0 Å². The van der Waals surface area contributed by atoms with Gasteiger partial charge in [0.25, 0.3) is 0 Å². The minimum absolute atomic E-state index is 0.250. The highest BCUT2D eigenvalue weighted by molar-refractivity contribution is 5.82. The van der Waals surface area contributed by atoms with Crippen LogP contribution in [0.2, 0.25) is 0 Å². The molecule has 2 rings (SSSR count). The Morgan fingerprint density at radius 3 is 1.94 bits per heavy atom. The van der Waals surface area contributed by atoms with Gasteiger partial charge in [-0.3, -0.25) is 0 Å². The first-order valence-corrected chi connectivity index (χ1v) is 5.22. The molecule has 0 spiro atoms. The van der Waals surface area contributed by atoms with Crippen molar-refractivity contribution in [3.8, 4) is 0 Å². The lowest BCUT2D eigenvalue weighted by atomic mass is 10.1. The van der Waals surface area contributed by atoms with Gasteiger partial charge in [-0.25, -0.2) is 0 Å². The van der Waals surface area contributed by atoms with Gasteiger partial charge in [-0.15, -0.1) is 0 Å². The number of hydrogen-bond acceptors (Lipinski definition) is 2. The van der Waals surface area contributed by atoms with Crippen LogP contribution in [0, 0.1) is 6.92 Å². The van der Waals surface area contributed by atoms with Gasteiger partial charge in [-0.05, 0) is 17.7 Å². The molecule has 0 aliphatic heterocycles. The molecule has 0 saturated carbocycles. The molecule has 0 aromatic heterocycles. The summed E-state index contributed by atoms with van der Waals surface area (Å²) in [4.78, 5) is 16.2. The SMILES string of the molecule is CC.Cc1ccc2ccccc2c1.O=C=O. The van der Waals surface area contributed by atoms with Crippen LogP contribution in [0.25, 0.3) is 10.8 Å². The zero-order valence-corrected chi connectivity index (χ0v) is 9.86. The molecule has 0 heterocycles. The fourth-order valence-corrected chi connectivity index (χ4v) is 1.31. The van der Waals surface area contributed by atoms with Crippen molar-refractivity contribution in [1.29, 1.82) is 0 Å². The normalized spacial score (nSPS) is 7.94. The molecular weight excluding hydrogens is 200 g/mol. The predicted molar refractivity (Wildman–Crippen MR) is 65.0 cm³/mol. The Balaban J connectivity index is 0.000000394. The molecule has 0 radical (unpaired) electrons. The number of aryl methyl sites for hydroxylation is 1. The lowest BCUT2D eigenvalue weighted by Crippen LogP contribution is -1.73. The molecule has 0 saturated heterocycles. The summed E-state index contributed by atoms with van der Waals surface area (Å²) >= 11 is 0. The molecule has 0 aliphatic rings. The number of fused-ring (bicyclic) bond motifs is 1. The van der Waals surface area contributed by atoms with Crippen molar-refractivity contribution in [2.75, 3.05) is 0 Å². The molecule has 0 amide bonds. The van der Waals surface area contributed by atoms with Crippen molar-refractivity contribution < 1.29 is 9.59 Å². The third-order valence-corrected chi connectivity index (χ3v) is 1.90. The number of carbonyl (C=O) groups excluding carboxylic acids is 2. The Hall–Kier alpha value is -1.92. The Bertz CT molecular complexity index is 455. The monoisotopic (exact) mass is 216 g/mol. The van der Waals surface area contributed by atoms with Crippen LogP contribution in [-0.4, -0.2) is 6.15 Å². The lowest BCUT2D eigenvalue weighted by molar-refractivity contribution is -0.191. The van der Waals surface area contributed by atoms with Gasteiger partial charge in [0.15, 0.2) is 0 Å². The maximum atomic E-state index is 8.12. The van der Waals surface area contributed by atoms with E-state index in [0.717, 1.165) is 0 Å². The maximum Gasteiger partial charge on any atom is 0.373 e. The molecule has 0 N–H and O–H groups in total. The second-order valence-electron chi connectivity index (χ2n) is 2.93. The Labute approximate surface area is 95.9 Å². The first-order valence-electron chi connectivity index (χ1n) is 5.22. The minimum atomic E-state index is 0.250. The first kappa shape index (κ1) is 14.1. The molecule has 2 nitrogen and oxygen atoms in total. The van der Waals surface area contributed by atoms with Gasteiger partial charge in [-0.1, -0.05) is 61.9 Å². The highest BCUT2D eigenvalue weighted by Gasteiger charge is 1.89. The van der Waals surface area contributed by atoms with Crippen molar-refractivity contribution in [2.24, 2.45) is 0 Å². The minimum Gasteiger partial charge on any atom is -0.186 e. The van der Waals surface area contributed by atoms with Gasteiger partial charge < -0.3 is 0 Å². The molecule has 0 aliphatic carbocycles. The van der Waals surface area contributed by atoms with E-state index in [1.165, 1.54) is 16.3 Å². The zero-order chi connectivity index (χ0) is 12.4. The summed E-state index contributed by atoms with van der Waals surface area (Å²) in [5.41, 5.74) is 1.32. The topological polar surface area (TPSA) is 34.1 Å². The van der Waals surface area contributed by atoms with E-state index in [1.54, 1.807) is 0 Å². The van der Waals surface area contributed by atoms with Crippen LogP contribution < -0.4 is 0 Å². The van der Waals surface area contributed by atoms with Gasteiger partial charge in [0, 0.05) is 0 Å². The fraction of sp³-hybridized carbons (Fsp3) is 0.214. The van der Waals surface area contributed by atoms with Gasteiger partial charge in [0.2, 0.25) is 0 Å². The molecule has 84 valence electrons. The molecule has 0 bridgehead atoms. The van der Waals surface area contributed by atoms with E-state index < -0.39 is 0 Å². The van der Waals surface area contributed by atoms with Gasteiger partial charge >= 0.3 is 6.15 Å². The van der Waals surface area contributed by atoms with Gasteiger partial charge in [0.1, 0.15) is 0 Å². The molecular formula is C14H16O2. The predicted octanol–water partition coefficient (Wildman–Crippen LogP) is 3.59. The smallest absolute Gasteiger partial charge is 0.186 e. The van der Waals surface area contributed by atoms with Crippen LogP contribution in [0.4, 0.5) is 0 Å². The van der Waals surface area contributed by atoms with Gasteiger partial charge in [-0.2, -0.15) is 9.59 Å². The van der Waals surface area contributed by atoms with E-state index in [9.17, 15) is 0 Å². The van der Waals surface area contributed by atoms with E-state index in [4.69, 9.17) is 9.59 Å². The molecule has 0 unspecified atom stereocenters. The first-order chi connectivity index (χ1) is 7.77. The lowest BCUT2D eigenvalue weighted by Gasteiger charge is -1.96. The van der Waals surface area contributed by atoms with Crippen molar-refractivity contribution >= 4 is 16.9 Å². The summed E-state index contributed by atoms with van der Waals surface area (Å²) in [6.45, 7) is 6.12. The second-order valence-corrected chi connectivity index (χ2v) is 2.93. The summed E-state index contributed by atoms with van der Waals surface area (Å²) in [6.07, 6.45) is 0.250. The molecule has 2 aromatic rings. The third kappa shape index (κ3) is 4.54. The van der Waals surface area contributed by atoms with Crippen molar-refractivity contribution in [3.05, 3.63) is 48.0 Å². The highest BCUT2D eigenvalue weighted by Crippen LogP contribution is 2.14. The standard InChI is InChI=1S/C11H10.C2H6.CO2/c1-9-6-7-10-4-2-3-5-11(10)8-9;1-2;2-1-3/h2-8H,1H3;1-2H3;. The van der Waals surface area contributed by atoms with E-state index in [2.05, 4.69) is 49.4 Å². The summed E-state index contributed by atoms with van der Waals surface area (Å²) < 4.78 is 0. The van der Waals surface area contributed by atoms with Crippen LogP contribution in [-0.2, 0) is 9.59 Å². The van der Waals surface area contributed by atoms with Crippen LogP contribution in [0.5, 0.6) is 0 Å². The highest BCUT2D eigenvalue weighted by atomic mass is 16.2. The number of benzene rings is 2. The maximum absolute atomic E-state index is 8.12.